The number of rotatable bonds is 9. The van der Waals surface area contributed by atoms with Crippen molar-refractivity contribution in [3.05, 3.63) is 51.8 Å². The molecule has 0 aliphatic heterocycles. The molecule has 0 amide bonds. The molecular weight excluding hydrogens is 387 g/mol. The predicted octanol–water partition coefficient (Wildman–Crippen LogP) is 3.61. The number of aliphatic imine (C=N–C) groups is 1. The summed E-state index contributed by atoms with van der Waals surface area (Å²) in [4.78, 5) is 4.63. The zero-order valence-electron chi connectivity index (χ0n) is 15.9. The molecule has 0 aliphatic carbocycles. The highest BCUT2D eigenvalue weighted by Gasteiger charge is 2.09. The number of hydrogen-bond acceptors (Lipinski definition) is 3. The summed E-state index contributed by atoms with van der Waals surface area (Å²) < 4.78 is 12.5. The third-order valence-electron chi connectivity index (χ3n) is 3.87. The summed E-state index contributed by atoms with van der Waals surface area (Å²) in [5.74, 6) is 1.53. The van der Waals surface area contributed by atoms with Crippen LogP contribution in [0.25, 0.3) is 0 Å². The monoisotopic (exact) mass is 412 g/mol. The van der Waals surface area contributed by atoms with Crippen molar-refractivity contribution in [2.24, 2.45) is 12.0 Å². The molecule has 0 unspecified atom stereocenters. The van der Waals surface area contributed by atoms with Gasteiger partial charge in [0, 0.05) is 26.4 Å². The summed E-state index contributed by atoms with van der Waals surface area (Å²) >= 11 is 12.2. The largest absolute Gasteiger partial charge is 0.491 e. The Kier molecular flexibility index (Phi) is 8.78. The van der Waals surface area contributed by atoms with Crippen LogP contribution in [0.1, 0.15) is 18.2 Å². The van der Waals surface area contributed by atoms with Gasteiger partial charge >= 0.3 is 0 Å². The van der Waals surface area contributed by atoms with Gasteiger partial charge in [-0.1, -0.05) is 35.3 Å². The fourth-order valence-electron chi connectivity index (χ4n) is 2.42. The Hall–Kier alpha value is -1.89. The number of methoxy groups -OCH3 is 1. The second-order valence-electron chi connectivity index (χ2n) is 5.87. The third-order valence-corrected chi connectivity index (χ3v) is 4.71. The number of aromatic nitrogens is 1. The summed E-state index contributed by atoms with van der Waals surface area (Å²) in [6.07, 6.45) is 0. The minimum absolute atomic E-state index is 0.523. The predicted molar refractivity (Wildman–Crippen MR) is 111 cm³/mol. The molecule has 0 saturated carbocycles. The van der Waals surface area contributed by atoms with Crippen LogP contribution in [-0.4, -0.2) is 37.4 Å². The van der Waals surface area contributed by atoms with Gasteiger partial charge in [0.2, 0.25) is 0 Å². The van der Waals surface area contributed by atoms with Crippen molar-refractivity contribution in [2.75, 3.05) is 26.9 Å². The molecule has 27 heavy (non-hydrogen) atoms. The van der Waals surface area contributed by atoms with Crippen molar-refractivity contribution in [3.63, 3.8) is 0 Å². The van der Waals surface area contributed by atoms with Crippen LogP contribution in [0.4, 0.5) is 0 Å². The van der Waals surface area contributed by atoms with E-state index in [2.05, 4.69) is 15.6 Å². The summed E-state index contributed by atoms with van der Waals surface area (Å²) in [7, 11) is 3.53. The highest BCUT2D eigenvalue weighted by Crippen LogP contribution is 2.24. The fourth-order valence-corrected chi connectivity index (χ4v) is 2.84. The molecule has 1 aromatic heterocycles. The smallest absolute Gasteiger partial charge is 0.191 e. The SMILES string of the molecule is CCNC(=NCc1cccc(OCCOC)c1)NCc1cc(Cl)c(Cl)n1C. The molecule has 2 aromatic rings. The van der Waals surface area contributed by atoms with E-state index in [1.54, 1.807) is 7.11 Å². The number of ether oxygens (including phenoxy) is 2. The van der Waals surface area contributed by atoms with E-state index >= 15 is 0 Å². The molecular formula is C19H26Cl2N4O2. The molecule has 6 nitrogen and oxygen atoms in total. The average Bonchev–Trinajstić information content (AvgIpc) is 2.91. The molecule has 1 aromatic carbocycles. The molecule has 0 atom stereocenters. The van der Waals surface area contributed by atoms with E-state index in [0.717, 1.165) is 29.5 Å². The van der Waals surface area contributed by atoms with Gasteiger partial charge in [0.05, 0.1) is 24.7 Å². The van der Waals surface area contributed by atoms with Gasteiger partial charge in [0.1, 0.15) is 17.5 Å². The maximum atomic E-state index is 6.11. The number of benzene rings is 1. The van der Waals surface area contributed by atoms with E-state index in [0.29, 0.717) is 36.5 Å². The summed E-state index contributed by atoms with van der Waals surface area (Å²) in [5.41, 5.74) is 2.04. The zero-order valence-corrected chi connectivity index (χ0v) is 17.4. The van der Waals surface area contributed by atoms with E-state index in [9.17, 15) is 0 Å². The second-order valence-corrected chi connectivity index (χ2v) is 6.64. The first-order chi connectivity index (χ1) is 13.0. The molecule has 2 rings (SSSR count). The van der Waals surface area contributed by atoms with Gasteiger partial charge in [-0.15, -0.1) is 0 Å². The molecule has 8 heteroatoms. The number of nitrogens with one attached hydrogen (secondary N) is 2. The number of nitrogens with zero attached hydrogens (tertiary/aromatic N) is 2. The lowest BCUT2D eigenvalue weighted by molar-refractivity contribution is 0.146. The zero-order chi connectivity index (χ0) is 19.6. The van der Waals surface area contributed by atoms with Gasteiger partial charge in [-0.2, -0.15) is 0 Å². The van der Waals surface area contributed by atoms with Crippen LogP contribution in [0, 0.1) is 0 Å². The van der Waals surface area contributed by atoms with Gasteiger partial charge < -0.3 is 24.7 Å². The van der Waals surface area contributed by atoms with Gasteiger partial charge in [-0.3, -0.25) is 0 Å². The van der Waals surface area contributed by atoms with Gasteiger partial charge in [-0.05, 0) is 30.7 Å². The summed E-state index contributed by atoms with van der Waals surface area (Å²) in [6.45, 7) is 4.97. The van der Waals surface area contributed by atoms with Crippen LogP contribution in [-0.2, 0) is 24.9 Å². The Morgan fingerprint density at radius 1 is 1.19 bits per heavy atom. The lowest BCUT2D eigenvalue weighted by atomic mass is 10.2. The van der Waals surface area contributed by atoms with Crippen LogP contribution in [0.2, 0.25) is 10.2 Å². The molecule has 0 saturated heterocycles. The van der Waals surface area contributed by atoms with Crippen LogP contribution in [0.3, 0.4) is 0 Å². The molecule has 2 N–H and O–H groups in total. The fraction of sp³-hybridized carbons (Fsp3) is 0.421. The van der Waals surface area contributed by atoms with Crippen LogP contribution in [0.15, 0.2) is 35.3 Å². The minimum atomic E-state index is 0.523. The number of guanidine groups is 1. The highest BCUT2D eigenvalue weighted by atomic mass is 35.5. The maximum Gasteiger partial charge on any atom is 0.191 e. The minimum Gasteiger partial charge on any atom is -0.491 e. The van der Waals surface area contributed by atoms with E-state index < -0.39 is 0 Å². The first kappa shape index (κ1) is 21.4. The van der Waals surface area contributed by atoms with E-state index in [-0.39, 0.29) is 0 Å². The molecule has 0 aliphatic rings. The summed E-state index contributed by atoms with van der Waals surface area (Å²) in [6, 6.07) is 9.74. The van der Waals surface area contributed by atoms with Crippen molar-refractivity contribution in [1.82, 2.24) is 15.2 Å². The molecule has 0 fully saturated rings. The van der Waals surface area contributed by atoms with Gasteiger partial charge in [-0.25, -0.2) is 4.99 Å². The van der Waals surface area contributed by atoms with Crippen molar-refractivity contribution in [1.29, 1.82) is 0 Å². The van der Waals surface area contributed by atoms with E-state index in [1.807, 2.05) is 48.9 Å². The number of hydrogen-bond donors (Lipinski definition) is 2. The van der Waals surface area contributed by atoms with Gasteiger partial charge in [0.25, 0.3) is 0 Å². The van der Waals surface area contributed by atoms with E-state index in [4.69, 9.17) is 32.7 Å². The highest BCUT2D eigenvalue weighted by molar-refractivity contribution is 6.41. The number of halogens is 2. The van der Waals surface area contributed by atoms with Crippen molar-refractivity contribution < 1.29 is 9.47 Å². The third kappa shape index (κ3) is 6.65. The summed E-state index contributed by atoms with van der Waals surface area (Å²) in [5, 5.41) is 7.61. The molecule has 1 heterocycles. The van der Waals surface area contributed by atoms with E-state index in [1.165, 1.54) is 0 Å². The van der Waals surface area contributed by atoms with Crippen molar-refractivity contribution in [3.8, 4) is 5.75 Å². The Bertz CT molecular complexity index is 762. The lowest BCUT2D eigenvalue weighted by Crippen LogP contribution is -2.37. The van der Waals surface area contributed by atoms with Crippen LogP contribution >= 0.6 is 23.2 Å². The Morgan fingerprint density at radius 3 is 2.67 bits per heavy atom. The average molecular weight is 413 g/mol. The van der Waals surface area contributed by atoms with Crippen LogP contribution in [0.5, 0.6) is 5.75 Å². The molecule has 0 radical (unpaired) electrons. The molecule has 0 spiro atoms. The topological polar surface area (TPSA) is 59.8 Å². The van der Waals surface area contributed by atoms with Crippen LogP contribution < -0.4 is 15.4 Å². The molecule has 0 bridgehead atoms. The van der Waals surface area contributed by atoms with Crippen molar-refractivity contribution >= 4 is 29.2 Å². The quantitative estimate of drug-likeness (QED) is 0.375. The Labute approximate surface area is 170 Å². The second kappa shape index (κ2) is 11.1. The first-order valence-electron chi connectivity index (χ1n) is 8.77. The standard InChI is InChI=1S/C19H26Cl2N4O2/c1-4-22-19(24-13-15-11-17(20)18(21)25(15)2)23-12-14-6-5-7-16(10-14)27-9-8-26-3/h5-7,10-11H,4,8-9,12-13H2,1-3H3,(H2,22,23,24). The Morgan fingerprint density at radius 2 is 2.00 bits per heavy atom. The lowest BCUT2D eigenvalue weighted by Gasteiger charge is -2.12. The maximum absolute atomic E-state index is 6.11. The Balaban J connectivity index is 1.98. The normalized spacial score (nSPS) is 11.5. The molecule has 148 valence electrons. The van der Waals surface area contributed by atoms with Gasteiger partial charge in [0.15, 0.2) is 5.96 Å². The van der Waals surface area contributed by atoms with Crippen molar-refractivity contribution in [2.45, 2.75) is 20.0 Å². The first-order valence-corrected chi connectivity index (χ1v) is 9.53.